The highest BCUT2D eigenvalue weighted by molar-refractivity contribution is 5.21. The van der Waals surface area contributed by atoms with Crippen molar-refractivity contribution in [2.24, 2.45) is 0 Å². The molecule has 2 rings (SSSR count). The van der Waals surface area contributed by atoms with Crippen molar-refractivity contribution >= 4 is 0 Å². The summed E-state index contributed by atoms with van der Waals surface area (Å²) in [7, 11) is 0. The van der Waals surface area contributed by atoms with Gasteiger partial charge >= 0.3 is 0 Å². The van der Waals surface area contributed by atoms with Gasteiger partial charge in [-0.15, -0.1) is 0 Å². The molecule has 17 heavy (non-hydrogen) atoms. The molecule has 0 aliphatic carbocycles. The number of piperazine rings is 1. The van der Waals surface area contributed by atoms with Crippen molar-refractivity contribution < 1.29 is 13.2 Å². The lowest BCUT2D eigenvalue weighted by Crippen LogP contribution is -2.46. The van der Waals surface area contributed by atoms with Crippen molar-refractivity contribution in [3.05, 3.63) is 35.6 Å². The number of nitrogens with zero attached hydrogens (tertiary/aromatic N) is 1. The Kier molecular flexibility index (Phi) is 4.02. The highest BCUT2D eigenvalue weighted by Gasteiger charge is 2.30. The Morgan fingerprint density at radius 1 is 1.18 bits per heavy atom. The summed E-state index contributed by atoms with van der Waals surface area (Å²) < 4.78 is 39.3. The molecule has 1 aliphatic heterocycles. The van der Waals surface area contributed by atoms with Gasteiger partial charge < -0.3 is 5.32 Å². The SMILES string of the molecule is Fc1cccc([C@@H](C(F)F)N2CCNCC2)c1. The van der Waals surface area contributed by atoms with Crippen LogP contribution in [0.3, 0.4) is 0 Å². The first kappa shape index (κ1) is 12.4. The predicted molar refractivity (Wildman–Crippen MR) is 59.6 cm³/mol. The van der Waals surface area contributed by atoms with E-state index in [-0.39, 0.29) is 0 Å². The van der Waals surface area contributed by atoms with Crippen molar-refractivity contribution in [1.82, 2.24) is 10.2 Å². The zero-order chi connectivity index (χ0) is 12.3. The lowest BCUT2D eigenvalue weighted by Gasteiger charge is -2.34. The summed E-state index contributed by atoms with van der Waals surface area (Å²) >= 11 is 0. The summed E-state index contributed by atoms with van der Waals surface area (Å²) in [5.41, 5.74) is 0.349. The van der Waals surface area contributed by atoms with Crippen LogP contribution in [0.4, 0.5) is 13.2 Å². The van der Waals surface area contributed by atoms with Gasteiger partial charge in [-0.1, -0.05) is 12.1 Å². The van der Waals surface area contributed by atoms with Crippen LogP contribution in [-0.2, 0) is 0 Å². The number of hydrogen-bond donors (Lipinski definition) is 1. The van der Waals surface area contributed by atoms with E-state index in [0.29, 0.717) is 31.7 Å². The molecule has 94 valence electrons. The molecule has 0 unspecified atom stereocenters. The van der Waals surface area contributed by atoms with Crippen LogP contribution in [0.15, 0.2) is 24.3 Å². The molecule has 0 amide bonds. The zero-order valence-electron chi connectivity index (χ0n) is 9.37. The van der Waals surface area contributed by atoms with Crippen LogP contribution in [0.2, 0.25) is 0 Å². The van der Waals surface area contributed by atoms with Gasteiger partial charge in [-0.05, 0) is 17.7 Å². The van der Waals surface area contributed by atoms with Crippen LogP contribution in [-0.4, -0.2) is 37.5 Å². The molecule has 0 aromatic heterocycles. The molecule has 1 aliphatic rings. The second-order valence-electron chi connectivity index (χ2n) is 4.12. The van der Waals surface area contributed by atoms with E-state index in [9.17, 15) is 13.2 Å². The van der Waals surface area contributed by atoms with Gasteiger partial charge in [0.1, 0.15) is 5.82 Å². The molecule has 1 atom stereocenters. The lowest BCUT2D eigenvalue weighted by atomic mass is 10.0. The molecule has 1 heterocycles. The molecular formula is C12H15F3N2. The third-order valence-electron chi connectivity index (χ3n) is 2.97. The van der Waals surface area contributed by atoms with Crippen LogP contribution in [0.25, 0.3) is 0 Å². The van der Waals surface area contributed by atoms with Gasteiger partial charge in [0.05, 0.1) is 6.04 Å². The van der Waals surface area contributed by atoms with E-state index in [1.807, 2.05) is 0 Å². The number of halogens is 3. The molecule has 0 bridgehead atoms. The Hall–Kier alpha value is -1.07. The van der Waals surface area contributed by atoms with Gasteiger partial charge in [-0.25, -0.2) is 13.2 Å². The molecule has 0 radical (unpaired) electrons. The molecule has 1 N–H and O–H groups in total. The summed E-state index contributed by atoms with van der Waals surface area (Å²) in [4.78, 5) is 1.70. The van der Waals surface area contributed by atoms with Gasteiger partial charge in [-0.3, -0.25) is 4.90 Å². The van der Waals surface area contributed by atoms with Crippen LogP contribution >= 0.6 is 0 Å². The van der Waals surface area contributed by atoms with E-state index in [1.165, 1.54) is 18.2 Å². The fourth-order valence-corrected chi connectivity index (χ4v) is 2.17. The zero-order valence-corrected chi connectivity index (χ0v) is 9.37. The van der Waals surface area contributed by atoms with Gasteiger partial charge in [0.15, 0.2) is 0 Å². The van der Waals surface area contributed by atoms with E-state index in [2.05, 4.69) is 5.32 Å². The number of rotatable bonds is 3. The molecule has 2 nitrogen and oxygen atoms in total. The monoisotopic (exact) mass is 244 g/mol. The van der Waals surface area contributed by atoms with E-state index < -0.39 is 18.3 Å². The molecule has 5 heteroatoms. The van der Waals surface area contributed by atoms with Gasteiger partial charge in [0, 0.05) is 26.2 Å². The van der Waals surface area contributed by atoms with Crippen molar-refractivity contribution in [2.45, 2.75) is 12.5 Å². The minimum atomic E-state index is -2.50. The number of benzene rings is 1. The Morgan fingerprint density at radius 2 is 1.88 bits per heavy atom. The summed E-state index contributed by atoms with van der Waals surface area (Å²) in [6.45, 7) is 2.51. The first-order valence-electron chi connectivity index (χ1n) is 5.67. The highest BCUT2D eigenvalue weighted by Crippen LogP contribution is 2.28. The fourth-order valence-electron chi connectivity index (χ4n) is 2.17. The van der Waals surface area contributed by atoms with Crippen molar-refractivity contribution in [3.8, 4) is 0 Å². The third-order valence-corrected chi connectivity index (χ3v) is 2.97. The Morgan fingerprint density at radius 3 is 2.47 bits per heavy atom. The van der Waals surface area contributed by atoms with Crippen LogP contribution in [0.1, 0.15) is 11.6 Å². The number of hydrogen-bond acceptors (Lipinski definition) is 2. The maximum absolute atomic E-state index is 13.1. The van der Waals surface area contributed by atoms with E-state index in [4.69, 9.17) is 0 Å². The molecule has 1 saturated heterocycles. The standard InChI is InChI=1S/C12H15F3N2/c13-10-3-1-2-9(8-10)11(12(14)15)17-6-4-16-5-7-17/h1-3,8,11-12,16H,4-7H2/t11-/m0/s1. The van der Waals surface area contributed by atoms with Crippen LogP contribution < -0.4 is 5.32 Å². The third kappa shape index (κ3) is 2.98. The van der Waals surface area contributed by atoms with Gasteiger partial charge in [0.25, 0.3) is 6.43 Å². The maximum atomic E-state index is 13.1. The van der Waals surface area contributed by atoms with Crippen LogP contribution in [0, 0.1) is 5.82 Å². The summed E-state index contributed by atoms with van der Waals surface area (Å²) in [6, 6.07) is 4.49. The smallest absolute Gasteiger partial charge is 0.258 e. The van der Waals surface area contributed by atoms with Crippen LogP contribution in [0.5, 0.6) is 0 Å². The van der Waals surface area contributed by atoms with E-state index >= 15 is 0 Å². The maximum Gasteiger partial charge on any atom is 0.258 e. The first-order valence-corrected chi connectivity index (χ1v) is 5.67. The second kappa shape index (κ2) is 5.51. The Bertz CT molecular complexity index is 365. The van der Waals surface area contributed by atoms with Gasteiger partial charge in [-0.2, -0.15) is 0 Å². The van der Waals surface area contributed by atoms with Gasteiger partial charge in [0.2, 0.25) is 0 Å². The molecule has 1 fully saturated rings. The number of nitrogens with one attached hydrogen (secondary N) is 1. The fraction of sp³-hybridized carbons (Fsp3) is 0.500. The van der Waals surface area contributed by atoms with Crippen molar-refractivity contribution in [3.63, 3.8) is 0 Å². The number of alkyl halides is 2. The summed E-state index contributed by atoms with van der Waals surface area (Å²) in [6.07, 6.45) is -2.50. The molecular weight excluding hydrogens is 229 g/mol. The van der Waals surface area contributed by atoms with Crippen molar-refractivity contribution in [2.75, 3.05) is 26.2 Å². The van der Waals surface area contributed by atoms with E-state index in [0.717, 1.165) is 0 Å². The summed E-state index contributed by atoms with van der Waals surface area (Å²) in [5, 5.41) is 3.11. The summed E-state index contributed by atoms with van der Waals surface area (Å²) in [5.74, 6) is -0.469. The molecule has 0 spiro atoms. The Balaban J connectivity index is 2.21. The van der Waals surface area contributed by atoms with Crippen molar-refractivity contribution in [1.29, 1.82) is 0 Å². The largest absolute Gasteiger partial charge is 0.314 e. The average molecular weight is 244 g/mol. The molecule has 1 aromatic carbocycles. The highest BCUT2D eigenvalue weighted by atomic mass is 19.3. The lowest BCUT2D eigenvalue weighted by molar-refractivity contribution is 0.0180. The quantitative estimate of drug-likeness (QED) is 0.875. The minimum absolute atomic E-state index is 0.349. The first-order chi connectivity index (χ1) is 8.18. The molecule has 0 saturated carbocycles. The predicted octanol–water partition coefficient (Wildman–Crippen LogP) is 2.04. The van der Waals surface area contributed by atoms with E-state index in [1.54, 1.807) is 11.0 Å². The average Bonchev–Trinajstić information content (AvgIpc) is 2.30. The normalized spacial score (nSPS) is 19.5. The molecule has 1 aromatic rings. The minimum Gasteiger partial charge on any atom is -0.314 e. The topological polar surface area (TPSA) is 15.3 Å². The second-order valence-corrected chi connectivity index (χ2v) is 4.12. The Labute approximate surface area is 98.4 Å².